The largest absolute Gasteiger partial charge is 0.341 e. The molecule has 9 aromatic rings. The van der Waals surface area contributed by atoms with Gasteiger partial charge in [-0.3, -0.25) is 0 Å². The highest BCUT2D eigenvalue weighted by Gasteiger charge is 2.53. The molecule has 0 saturated heterocycles. The van der Waals surface area contributed by atoms with Gasteiger partial charge in [0, 0.05) is 35.0 Å². The van der Waals surface area contributed by atoms with E-state index in [1.54, 1.807) is 0 Å². The molecule has 3 aliphatic rings. The molecule has 0 saturated carbocycles. The third-order valence-electron chi connectivity index (χ3n) is 15.3. The van der Waals surface area contributed by atoms with E-state index in [2.05, 4.69) is 258 Å². The molecule has 69 heavy (non-hydrogen) atoms. The molecule has 1 unspecified atom stereocenters. The molecule has 0 aromatic heterocycles. The average Bonchev–Trinajstić information content (AvgIpc) is 3.96. The van der Waals surface area contributed by atoms with Gasteiger partial charge in [0.05, 0.1) is 5.41 Å². The average molecular weight is 891 g/mol. The Kier molecular flexibility index (Phi) is 9.87. The normalized spacial score (nSPS) is 15.1. The minimum absolute atomic E-state index is 0.0140. The lowest BCUT2D eigenvalue weighted by Crippen LogP contribution is -2.27. The first kappa shape index (κ1) is 42.7. The number of fused-ring (bicyclic) bond motifs is 14. The van der Waals surface area contributed by atoms with Crippen LogP contribution in [-0.2, 0) is 10.8 Å². The first-order valence-corrected chi connectivity index (χ1v) is 24.7. The molecule has 2 nitrogen and oxygen atoms in total. The number of hydrogen-bond acceptors (Lipinski definition) is 2. The quantitative estimate of drug-likeness (QED) is 0.133. The molecule has 336 valence electrons. The van der Waals surface area contributed by atoms with Gasteiger partial charge in [0.2, 0.25) is 0 Å². The van der Waals surface area contributed by atoms with Gasteiger partial charge in [0.15, 0.2) is 0 Å². The maximum atomic E-state index is 4.11. The second-order valence-electron chi connectivity index (χ2n) is 21.3. The summed E-state index contributed by atoms with van der Waals surface area (Å²) in [5.41, 5.74) is 23.7. The Balaban J connectivity index is 1.14. The van der Waals surface area contributed by atoms with E-state index in [0.717, 1.165) is 30.0 Å². The van der Waals surface area contributed by atoms with Crippen molar-refractivity contribution in [3.8, 4) is 44.5 Å². The second-order valence-corrected chi connectivity index (χ2v) is 21.3. The molecule has 0 radical (unpaired) electrons. The van der Waals surface area contributed by atoms with Gasteiger partial charge in [-0.25, -0.2) is 0 Å². The lowest BCUT2D eigenvalue weighted by Gasteiger charge is -2.34. The molecular weight excluding hydrogens is 833 g/mol. The molecule has 0 fully saturated rings. The predicted molar refractivity (Wildman–Crippen MR) is 294 cm³/mol. The molecule has 0 heterocycles. The van der Waals surface area contributed by atoms with Crippen LogP contribution in [0.2, 0.25) is 0 Å². The maximum absolute atomic E-state index is 4.11. The minimum atomic E-state index is -0.624. The van der Waals surface area contributed by atoms with E-state index >= 15 is 0 Å². The van der Waals surface area contributed by atoms with Crippen LogP contribution in [0.3, 0.4) is 0 Å². The number of hydrogen-bond donors (Lipinski definition) is 0. The third-order valence-corrected chi connectivity index (χ3v) is 15.3. The van der Waals surface area contributed by atoms with Crippen LogP contribution in [0.15, 0.2) is 218 Å². The second kappa shape index (κ2) is 16.0. The lowest BCUT2D eigenvalue weighted by molar-refractivity contribution is 0.483. The third kappa shape index (κ3) is 6.60. The van der Waals surface area contributed by atoms with Crippen molar-refractivity contribution in [3.05, 3.63) is 246 Å². The van der Waals surface area contributed by atoms with E-state index in [4.69, 9.17) is 0 Å². The summed E-state index contributed by atoms with van der Waals surface area (Å²) in [6.45, 7) is 18.7. The van der Waals surface area contributed by atoms with Crippen molar-refractivity contribution in [2.75, 3.05) is 16.3 Å². The molecular formula is C67H58N2. The van der Waals surface area contributed by atoms with Gasteiger partial charge >= 0.3 is 0 Å². The lowest BCUT2D eigenvalue weighted by atomic mass is 9.70. The van der Waals surface area contributed by atoms with Crippen LogP contribution in [0.1, 0.15) is 75.8 Å². The number of rotatable bonds is 9. The Labute approximate surface area is 408 Å². The van der Waals surface area contributed by atoms with E-state index in [-0.39, 0.29) is 10.8 Å². The molecule has 9 aromatic carbocycles. The van der Waals surface area contributed by atoms with Crippen LogP contribution < -0.4 is 9.80 Å². The van der Waals surface area contributed by atoms with Gasteiger partial charge in [-0.1, -0.05) is 193 Å². The van der Waals surface area contributed by atoms with Crippen LogP contribution in [0.4, 0.5) is 28.4 Å². The number of anilines is 5. The zero-order chi connectivity index (χ0) is 47.2. The number of para-hydroxylation sites is 2. The van der Waals surface area contributed by atoms with Crippen molar-refractivity contribution in [3.63, 3.8) is 0 Å². The highest BCUT2D eigenvalue weighted by atomic mass is 15.1. The molecule has 3 aliphatic carbocycles. The summed E-state index contributed by atoms with van der Waals surface area (Å²) in [6, 6.07) is 73.6. The topological polar surface area (TPSA) is 6.48 Å². The molecule has 2 heteroatoms. The smallest absolute Gasteiger partial charge is 0.0727 e. The molecule has 1 spiro atoms. The first-order valence-electron chi connectivity index (χ1n) is 24.7. The van der Waals surface area contributed by atoms with Crippen LogP contribution in [0.5, 0.6) is 0 Å². The predicted octanol–water partition coefficient (Wildman–Crippen LogP) is 18.3. The summed E-state index contributed by atoms with van der Waals surface area (Å²) in [5.74, 6) is 0. The fourth-order valence-corrected chi connectivity index (χ4v) is 12.1. The highest BCUT2D eigenvalue weighted by molar-refractivity contribution is 6.21. The van der Waals surface area contributed by atoms with Crippen LogP contribution >= 0.6 is 0 Å². The van der Waals surface area contributed by atoms with Crippen molar-refractivity contribution in [1.29, 1.82) is 0 Å². The van der Waals surface area contributed by atoms with E-state index < -0.39 is 5.41 Å². The van der Waals surface area contributed by atoms with Crippen LogP contribution in [-0.4, -0.2) is 6.54 Å². The van der Waals surface area contributed by atoms with Gasteiger partial charge in [-0.15, -0.1) is 0 Å². The van der Waals surface area contributed by atoms with Crippen molar-refractivity contribution < 1.29 is 0 Å². The number of allylic oxidation sites excluding steroid dienone is 2. The summed E-state index contributed by atoms with van der Waals surface area (Å²) in [7, 11) is 0. The zero-order valence-electron chi connectivity index (χ0n) is 40.6. The van der Waals surface area contributed by atoms with Gasteiger partial charge in [0.1, 0.15) is 0 Å². The monoisotopic (exact) mass is 890 g/mol. The van der Waals surface area contributed by atoms with Crippen molar-refractivity contribution in [2.45, 2.75) is 58.8 Å². The summed E-state index contributed by atoms with van der Waals surface area (Å²) < 4.78 is 0. The molecule has 12 rings (SSSR count). The molecule has 0 N–H and O–H groups in total. The fourth-order valence-electron chi connectivity index (χ4n) is 12.1. The van der Waals surface area contributed by atoms with Gasteiger partial charge in [-0.05, 0) is 167 Å². The zero-order valence-corrected chi connectivity index (χ0v) is 40.6. The molecule has 0 aliphatic heterocycles. The Morgan fingerprint density at radius 2 is 1.01 bits per heavy atom. The van der Waals surface area contributed by atoms with E-state index in [1.807, 2.05) is 6.08 Å². The minimum Gasteiger partial charge on any atom is -0.341 e. The van der Waals surface area contributed by atoms with Crippen LogP contribution in [0, 0.1) is 5.41 Å². The van der Waals surface area contributed by atoms with E-state index in [9.17, 15) is 0 Å². The molecule has 0 bridgehead atoms. The van der Waals surface area contributed by atoms with E-state index in [1.165, 1.54) is 100 Å². The Bertz CT molecular complexity index is 3530. The summed E-state index contributed by atoms with van der Waals surface area (Å²) in [6.07, 6.45) is 5.07. The van der Waals surface area contributed by atoms with Crippen LogP contribution in [0.25, 0.3) is 55.3 Å². The van der Waals surface area contributed by atoms with E-state index in [0.29, 0.717) is 0 Å². The molecule has 1 atom stereocenters. The SMILES string of the molecule is C=C/C=C(\CCN(c1ccccc1)c1ccc2c(c1)C1(c3cc(N(c4ccccc4)c4ccc(C(C)(C)C)cc4)ccc3-2)c2ccccc2-c2c1cc1c3c(cccc23)-c2ccccc2-1)C(C)(C)C. The van der Waals surface area contributed by atoms with Gasteiger partial charge < -0.3 is 9.80 Å². The Hall–Kier alpha value is -7.68. The summed E-state index contributed by atoms with van der Waals surface area (Å²) >= 11 is 0. The standard InChI is InChI=1S/C67H58N2/c1-8-20-44(65(2,3)4)39-40-68(46-21-11-9-12-22-46)49-35-37-53-54-38-36-50(69(47-23-13-10-14-24-47)48-33-31-45(32-34-48)66(5,6)7)42-61(54)67(60(53)41-49)59-30-18-17-27-56(59)64-57-29-19-28-55-51-25-15-16-26-52(51)58(63(55)57)43-62(64)67/h8-38,41-43H,1,39-40H2,2-7H3/b44-20+. The van der Waals surface area contributed by atoms with Crippen molar-refractivity contribution >= 4 is 39.2 Å². The van der Waals surface area contributed by atoms with Gasteiger partial charge in [-0.2, -0.15) is 0 Å². The first-order chi connectivity index (χ1) is 33.5. The summed E-state index contributed by atoms with van der Waals surface area (Å²) in [4.78, 5) is 4.98. The van der Waals surface area contributed by atoms with Gasteiger partial charge in [0.25, 0.3) is 0 Å². The fraction of sp³-hybridized carbons (Fsp3) is 0.164. The Morgan fingerprint density at radius 1 is 0.464 bits per heavy atom. The maximum Gasteiger partial charge on any atom is 0.0727 e. The summed E-state index contributed by atoms with van der Waals surface area (Å²) in [5, 5.41) is 2.68. The Morgan fingerprint density at radius 3 is 1.67 bits per heavy atom. The number of benzene rings is 9. The van der Waals surface area contributed by atoms with Crippen molar-refractivity contribution in [2.24, 2.45) is 5.41 Å². The highest BCUT2D eigenvalue weighted by Crippen LogP contribution is 2.66. The van der Waals surface area contributed by atoms with Crippen molar-refractivity contribution in [1.82, 2.24) is 0 Å². The number of nitrogens with zero attached hydrogens (tertiary/aromatic N) is 2. The molecule has 0 amide bonds.